The summed E-state index contributed by atoms with van der Waals surface area (Å²) in [6.45, 7) is 1.14. The van der Waals surface area contributed by atoms with E-state index in [4.69, 9.17) is 9.26 Å². The predicted octanol–water partition coefficient (Wildman–Crippen LogP) is 4.85. The highest BCUT2D eigenvalue weighted by Gasteiger charge is 2.32. The summed E-state index contributed by atoms with van der Waals surface area (Å²) in [6, 6.07) is 8.87. The van der Waals surface area contributed by atoms with Crippen molar-refractivity contribution in [2.45, 2.75) is 51.0 Å². The second-order valence-electron chi connectivity index (χ2n) is 10.1. The third-order valence-electron chi connectivity index (χ3n) is 7.57. The molecule has 0 bridgehead atoms. The van der Waals surface area contributed by atoms with Gasteiger partial charge >= 0.3 is 6.03 Å². The number of carbonyl (C=O) groups excluding carboxylic acids is 2. The molecule has 4 heterocycles. The van der Waals surface area contributed by atoms with Crippen LogP contribution in [0.15, 0.2) is 47.4 Å². The number of rotatable bonds is 5. The Kier molecular flexibility index (Phi) is 5.19. The number of hydrogen-bond donors (Lipinski definition) is 1. The van der Waals surface area contributed by atoms with Crippen LogP contribution >= 0.6 is 0 Å². The molecule has 1 aliphatic heterocycles. The topological polar surface area (TPSA) is 115 Å². The quantitative estimate of drug-likeness (QED) is 0.418. The molecule has 10 heteroatoms. The summed E-state index contributed by atoms with van der Waals surface area (Å²) >= 11 is 0. The molecule has 2 saturated carbocycles. The van der Waals surface area contributed by atoms with E-state index in [1.807, 2.05) is 29.2 Å². The molecule has 0 spiro atoms. The summed E-state index contributed by atoms with van der Waals surface area (Å²) in [5.41, 5.74) is 2.52. The molecule has 10 nitrogen and oxygen atoms in total. The maximum atomic E-state index is 12.9. The third kappa shape index (κ3) is 4.12. The Morgan fingerprint density at radius 1 is 1.08 bits per heavy atom. The Hall–Kier alpha value is -4.21. The Morgan fingerprint density at radius 3 is 2.78 bits per heavy atom. The minimum Gasteiger partial charge on any atom is -0.439 e. The van der Waals surface area contributed by atoms with Gasteiger partial charge in [0.2, 0.25) is 11.8 Å². The van der Waals surface area contributed by atoms with Crippen molar-refractivity contribution in [2.24, 2.45) is 5.92 Å². The van der Waals surface area contributed by atoms with Gasteiger partial charge in [0.05, 0.1) is 17.8 Å². The van der Waals surface area contributed by atoms with Crippen LogP contribution in [-0.4, -0.2) is 43.1 Å². The van der Waals surface area contributed by atoms with Crippen molar-refractivity contribution < 1.29 is 18.8 Å². The lowest BCUT2D eigenvalue weighted by molar-refractivity contribution is -0.139. The van der Waals surface area contributed by atoms with E-state index in [-0.39, 0.29) is 17.9 Å². The highest BCUT2D eigenvalue weighted by molar-refractivity contribution is 5.98. The van der Waals surface area contributed by atoms with Crippen molar-refractivity contribution in [1.82, 2.24) is 24.6 Å². The fraction of sp³-hybridized carbons (Fsp3) is 0.370. The first-order valence-electron chi connectivity index (χ1n) is 12.8. The molecule has 3 aromatic heterocycles. The summed E-state index contributed by atoms with van der Waals surface area (Å²) in [7, 11) is 0. The van der Waals surface area contributed by atoms with Crippen LogP contribution in [-0.2, 0) is 17.8 Å². The highest BCUT2D eigenvalue weighted by atomic mass is 16.5. The summed E-state index contributed by atoms with van der Waals surface area (Å²) in [6.07, 6.45) is 9.20. The fourth-order valence-corrected chi connectivity index (χ4v) is 5.06. The predicted molar refractivity (Wildman–Crippen MR) is 133 cm³/mol. The number of fused-ring (bicyclic) bond motifs is 2. The van der Waals surface area contributed by atoms with E-state index >= 15 is 0 Å². The van der Waals surface area contributed by atoms with E-state index in [1.54, 1.807) is 12.3 Å². The Bertz CT molecular complexity index is 1520. The van der Waals surface area contributed by atoms with Gasteiger partial charge in [0, 0.05) is 41.6 Å². The fourth-order valence-electron chi connectivity index (χ4n) is 5.06. The highest BCUT2D eigenvalue weighted by Crippen LogP contribution is 2.40. The Labute approximate surface area is 212 Å². The summed E-state index contributed by atoms with van der Waals surface area (Å²) in [4.78, 5) is 36.3. The number of anilines is 1. The normalized spacial score (nSPS) is 17.4. The zero-order chi connectivity index (χ0) is 24.9. The number of hydrogen-bond acceptors (Lipinski definition) is 7. The van der Waals surface area contributed by atoms with E-state index in [0.717, 1.165) is 60.0 Å². The largest absolute Gasteiger partial charge is 0.439 e. The average Bonchev–Trinajstić information content (AvgIpc) is 3.47. The van der Waals surface area contributed by atoms with Gasteiger partial charge < -0.3 is 14.2 Å². The average molecular weight is 499 g/mol. The van der Waals surface area contributed by atoms with Crippen LogP contribution in [0.3, 0.4) is 0 Å². The zero-order valence-electron chi connectivity index (χ0n) is 20.2. The van der Waals surface area contributed by atoms with Crippen molar-refractivity contribution in [3.63, 3.8) is 0 Å². The molecule has 0 atom stereocenters. The van der Waals surface area contributed by atoms with E-state index in [0.29, 0.717) is 42.9 Å². The summed E-state index contributed by atoms with van der Waals surface area (Å²) in [5.74, 6) is 3.20. The van der Waals surface area contributed by atoms with Gasteiger partial charge in [-0.25, -0.2) is 14.8 Å². The van der Waals surface area contributed by atoms with Gasteiger partial charge in [-0.05, 0) is 56.4 Å². The van der Waals surface area contributed by atoms with Crippen LogP contribution in [0.5, 0.6) is 11.6 Å². The summed E-state index contributed by atoms with van der Waals surface area (Å²) < 4.78 is 13.0. The molecule has 0 saturated heterocycles. The number of amides is 2. The van der Waals surface area contributed by atoms with Gasteiger partial charge in [0.15, 0.2) is 5.82 Å². The van der Waals surface area contributed by atoms with Gasteiger partial charge in [0.25, 0.3) is 0 Å². The third-order valence-corrected chi connectivity index (χ3v) is 7.57. The van der Waals surface area contributed by atoms with Gasteiger partial charge in [-0.1, -0.05) is 11.6 Å². The van der Waals surface area contributed by atoms with Crippen LogP contribution in [0.1, 0.15) is 55.0 Å². The molecule has 4 aromatic rings. The second-order valence-corrected chi connectivity index (χ2v) is 10.1. The minimum atomic E-state index is -0.315. The van der Waals surface area contributed by atoms with Crippen molar-refractivity contribution in [3.8, 4) is 11.6 Å². The van der Waals surface area contributed by atoms with Crippen LogP contribution < -0.4 is 10.1 Å². The molecule has 0 radical (unpaired) electrons. The van der Waals surface area contributed by atoms with Gasteiger partial charge in [-0.15, -0.1) is 0 Å². The maximum absolute atomic E-state index is 12.9. The Morgan fingerprint density at radius 2 is 1.97 bits per heavy atom. The van der Waals surface area contributed by atoms with E-state index in [2.05, 4.69) is 20.4 Å². The smallest absolute Gasteiger partial charge is 0.331 e. The number of nitrogens with one attached hydrogen (secondary N) is 1. The van der Waals surface area contributed by atoms with Crippen LogP contribution in [0.4, 0.5) is 10.6 Å². The van der Waals surface area contributed by atoms with Crippen LogP contribution in [0, 0.1) is 5.92 Å². The van der Waals surface area contributed by atoms with Crippen molar-refractivity contribution in [2.75, 3.05) is 11.9 Å². The summed E-state index contributed by atoms with van der Waals surface area (Å²) in [5, 5.41) is 7.61. The first-order chi connectivity index (χ1) is 18.1. The molecule has 2 aliphatic carbocycles. The van der Waals surface area contributed by atoms with Gasteiger partial charge in [-0.2, -0.15) is 0 Å². The monoisotopic (exact) mass is 498 g/mol. The molecular weight excluding hydrogens is 472 g/mol. The SMILES string of the molecule is O=C(C1CCC1)N1CCc2c(ncnc2Oc2ccc3c(ccn3C(=O)Nc3cc(C4CC4)on3)c2)C1. The molecule has 188 valence electrons. The molecule has 2 fully saturated rings. The van der Waals surface area contributed by atoms with Crippen LogP contribution in [0.25, 0.3) is 10.9 Å². The lowest BCUT2D eigenvalue weighted by atomic mass is 9.84. The number of benzene rings is 1. The van der Waals surface area contributed by atoms with Crippen molar-refractivity contribution in [3.05, 3.63) is 59.9 Å². The first-order valence-corrected chi connectivity index (χ1v) is 12.8. The number of aromatic nitrogens is 4. The van der Waals surface area contributed by atoms with Crippen molar-refractivity contribution >= 4 is 28.7 Å². The Balaban J connectivity index is 1.07. The molecule has 3 aliphatic rings. The van der Waals surface area contributed by atoms with Crippen LogP contribution in [0.2, 0.25) is 0 Å². The molecule has 0 unspecified atom stereocenters. The lowest BCUT2D eigenvalue weighted by Gasteiger charge is -2.34. The minimum absolute atomic E-state index is 0.177. The first kappa shape index (κ1) is 22.0. The number of ether oxygens (including phenoxy) is 1. The zero-order valence-corrected chi connectivity index (χ0v) is 20.2. The molecule has 7 rings (SSSR count). The maximum Gasteiger partial charge on any atom is 0.331 e. The number of nitrogens with zero attached hydrogens (tertiary/aromatic N) is 5. The molecule has 1 N–H and O–H groups in total. The molecule has 1 aromatic carbocycles. The van der Waals surface area contributed by atoms with E-state index in [1.165, 1.54) is 10.9 Å². The standard InChI is InChI=1S/C27H26N6O4/c34-26(17-2-1-3-17)32-10-9-20-21(14-32)28-15-29-25(20)36-19-6-7-22-18(12-19)8-11-33(22)27(35)30-24-13-23(37-31-24)16-4-5-16/h6-8,11-13,15-17H,1-5,9-10,14H2,(H,30,31,35). The molecule has 2 amide bonds. The molecular formula is C27H26N6O4. The van der Waals surface area contributed by atoms with E-state index < -0.39 is 0 Å². The van der Waals surface area contributed by atoms with Gasteiger partial charge in [-0.3, -0.25) is 14.7 Å². The van der Waals surface area contributed by atoms with E-state index in [9.17, 15) is 9.59 Å². The van der Waals surface area contributed by atoms with Gasteiger partial charge in [0.1, 0.15) is 17.8 Å². The van der Waals surface area contributed by atoms with Crippen molar-refractivity contribution in [1.29, 1.82) is 0 Å². The second kappa shape index (κ2) is 8.72. The molecule has 37 heavy (non-hydrogen) atoms. The lowest BCUT2D eigenvalue weighted by Crippen LogP contribution is -2.42. The number of carbonyl (C=O) groups is 2.